The third-order valence-electron chi connectivity index (χ3n) is 9.31. The largest absolute Gasteiger partial charge is 0.490 e. The fourth-order valence-electron chi connectivity index (χ4n) is 6.18. The number of ether oxygens (including phenoxy) is 8. The normalized spacial score (nSPS) is 11.2. The minimum Gasteiger partial charge on any atom is -0.490 e. The highest BCUT2D eigenvalue weighted by atomic mass is 16.6. The summed E-state index contributed by atoms with van der Waals surface area (Å²) < 4.78 is 48.5. The average molecular weight is 792 g/mol. The molecule has 4 aromatic rings. The molecule has 0 saturated carbocycles. The smallest absolute Gasteiger partial charge is 0.330 e. The molecular weight excluding hydrogens is 730 g/mol. The van der Waals surface area contributed by atoms with Crippen LogP contribution in [0.1, 0.15) is 98.8 Å². The summed E-state index contributed by atoms with van der Waals surface area (Å²) in [6.07, 6.45) is 9.93. The van der Waals surface area contributed by atoms with Gasteiger partial charge in [0.15, 0.2) is 28.7 Å². The third-order valence-corrected chi connectivity index (χ3v) is 9.31. The predicted octanol–water partition coefficient (Wildman–Crippen LogP) is 11.1. The van der Waals surface area contributed by atoms with E-state index < -0.39 is 10.9 Å². The number of hydrogen-bond acceptors (Lipinski definition) is 11. The first kappa shape index (κ1) is 44.7. The van der Waals surface area contributed by atoms with E-state index in [0.717, 1.165) is 86.4 Å². The van der Waals surface area contributed by atoms with Crippen LogP contribution in [0.3, 0.4) is 0 Å². The van der Waals surface area contributed by atoms with E-state index in [4.69, 9.17) is 37.9 Å². The van der Waals surface area contributed by atoms with Crippen LogP contribution >= 0.6 is 0 Å². The first-order valence-electron chi connectivity index (χ1n) is 20.7. The van der Waals surface area contributed by atoms with Crippen molar-refractivity contribution < 1.29 is 47.6 Å². The molecule has 0 N–H and O–H groups in total. The maximum atomic E-state index is 13.4. The van der Waals surface area contributed by atoms with Crippen molar-refractivity contribution in [1.82, 2.24) is 0 Å². The minimum atomic E-state index is -0.547. The number of nitro benzene ring substituents is 1. The number of esters is 1. The van der Waals surface area contributed by atoms with Crippen molar-refractivity contribution >= 4 is 44.0 Å². The molecule has 0 bridgehead atoms. The van der Waals surface area contributed by atoms with Crippen LogP contribution in [0.5, 0.6) is 34.5 Å². The second-order valence-electron chi connectivity index (χ2n) is 13.8. The van der Waals surface area contributed by atoms with Gasteiger partial charge in [-0.3, -0.25) is 10.1 Å². The van der Waals surface area contributed by atoms with Crippen LogP contribution in [0, 0.1) is 10.1 Å². The van der Waals surface area contributed by atoms with E-state index in [-0.39, 0.29) is 43.6 Å². The fraction of sp³-hybridized carbons (Fsp3) is 0.533. The van der Waals surface area contributed by atoms with Crippen molar-refractivity contribution in [3.8, 4) is 34.5 Å². The molecule has 312 valence electrons. The van der Waals surface area contributed by atoms with E-state index in [2.05, 4.69) is 34.3 Å². The predicted molar refractivity (Wildman–Crippen MR) is 225 cm³/mol. The summed E-state index contributed by atoms with van der Waals surface area (Å²) in [5.41, 5.74) is -0.235. The van der Waals surface area contributed by atoms with E-state index in [1.807, 2.05) is 37.3 Å². The Labute approximate surface area is 336 Å². The molecule has 0 aliphatic rings. The van der Waals surface area contributed by atoms with E-state index in [1.165, 1.54) is 0 Å². The molecule has 0 unspecified atom stereocenters. The van der Waals surface area contributed by atoms with Gasteiger partial charge in [0.25, 0.3) is 0 Å². The van der Waals surface area contributed by atoms with Crippen LogP contribution in [0.25, 0.3) is 32.3 Å². The van der Waals surface area contributed by atoms with Crippen LogP contribution in [-0.2, 0) is 14.3 Å². The Kier molecular flexibility index (Phi) is 18.8. The number of unbranched alkanes of at least 4 members (excludes halogenated alkanes) is 5. The molecule has 0 fully saturated rings. The molecule has 0 atom stereocenters. The van der Waals surface area contributed by atoms with E-state index in [1.54, 1.807) is 0 Å². The van der Waals surface area contributed by atoms with Gasteiger partial charge in [-0.15, -0.1) is 0 Å². The van der Waals surface area contributed by atoms with Crippen LogP contribution in [0.2, 0.25) is 0 Å². The van der Waals surface area contributed by atoms with Crippen LogP contribution in [0.4, 0.5) is 5.69 Å². The van der Waals surface area contributed by atoms with Crippen LogP contribution in [-0.4, -0.2) is 70.4 Å². The molecule has 0 saturated heterocycles. The third kappa shape index (κ3) is 12.3. The molecule has 0 aliphatic carbocycles. The molecule has 12 heteroatoms. The summed E-state index contributed by atoms with van der Waals surface area (Å²) >= 11 is 0. The second-order valence-corrected chi connectivity index (χ2v) is 13.8. The number of carbonyl (C=O) groups is 1. The Bertz CT molecular complexity index is 1880. The van der Waals surface area contributed by atoms with Gasteiger partial charge < -0.3 is 37.9 Å². The number of hydrogen-bond donors (Lipinski definition) is 0. The number of carbonyl (C=O) groups excluding carboxylic acids is 1. The van der Waals surface area contributed by atoms with Crippen molar-refractivity contribution in [3.05, 3.63) is 53.1 Å². The van der Waals surface area contributed by atoms with Crippen LogP contribution < -0.4 is 28.4 Å². The lowest BCUT2D eigenvalue weighted by Gasteiger charge is -2.21. The summed E-state index contributed by atoms with van der Waals surface area (Å²) in [5.74, 6) is 1.96. The number of benzene rings is 4. The van der Waals surface area contributed by atoms with Gasteiger partial charge in [-0.2, -0.15) is 0 Å². The van der Waals surface area contributed by atoms with Crippen molar-refractivity contribution in [1.29, 1.82) is 0 Å². The molecular formula is C45H61NO11. The van der Waals surface area contributed by atoms with Gasteiger partial charge >= 0.3 is 11.7 Å². The summed E-state index contributed by atoms with van der Waals surface area (Å²) in [5, 5.41) is 17.3. The Hall–Kier alpha value is -4.97. The fourth-order valence-corrected chi connectivity index (χ4v) is 6.18. The lowest BCUT2D eigenvalue weighted by Crippen LogP contribution is -2.13. The van der Waals surface area contributed by atoms with Gasteiger partial charge in [-0.1, -0.05) is 73.3 Å². The van der Waals surface area contributed by atoms with Crippen molar-refractivity contribution in [2.24, 2.45) is 0 Å². The summed E-state index contributed by atoms with van der Waals surface area (Å²) in [4.78, 5) is 24.4. The highest BCUT2D eigenvalue weighted by molar-refractivity contribution is 6.29. The van der Waals surface area contributed by atoms with Crippen molar-refractivity contribution in [2.45, 2.75) is 98.8 Å². The maximum Gasteiger partial charge on any atom is 0.330 e. The zero-order valence-electron chi connectivity index (χ0n) is 34.5. The molecule has 0 spiro atoms. The second kappa shape index (κ2) is 23.9. The van der Waals surface area contributed by atoms with Crippen molar-refractivity contribution in [3.63, 3.8) is 0 Å². The molecule has 4 aromatic carbocycles. The monoisotopic (exact) mass is 791 g/mol. The summed E-state index contributed by atoms with van der Waals surface area (Å²) in [6, 6.07) is 9.55. The van der Waals surface area contributed by atoms with Crippen LogP contribution in [0.15, 0.2) is 43.0 Å². The molecule has 4 rings (SSSR count). The lowest BCUT2D eigenvalue weighted by molar-refractivity contribution is -0.384. The Morgan fingerprint density at radius 2 is 0.912 bits per heavy atom. The SMILES string of the molecule is C=CC(=O)OCCOCCOc1c(OCCCC)cc2c3cc(OCCCC)c(OCCCC)cc3c3cc(OCCCC)c(OCCCC)cc3c2c1[N+](=O)[O-]. The van der Waals surface area contributed by atoms with Gasteiger partial charge in [-0.05, 0) is 78.6 Å². The average Bonchev–Trinajstić information content (AvgIpc) is 3.21. The first-order chi connectivity index (χ1) is 27.8. The maximum absolute atomic E-state index is 13.4. The van der Waals surface area contributed by atoms with E-state index in [9.17, 15) is 14.9 Å². The quantitative estimate of drug-likeness (QED) is 0.0130. The lowest BCUT2D eigenvalue weighted by atomic mass is 9.92. The Morgan fingerprint density at radius 3 is 1.32 bits per heavy atom. The van der Waals surface area contributed by atoms with E-state index in [0.29, 0.717) is 72.2 Å². The van der Waals surface area contributed by atoms with Gasteiger partial charge in [0.2, 0.25) is 5.75 Å². The standard InChI is InChI=1S/C45H61NO11/c1-7-13-18-51-37-27-32-33-28-39(53-20-15-9-3)40(54-21-16-10-4)30-35(33)43-36(34(32)29-38(37)52-19-14-8-2)31-41(55-22-17-11-5)45(44(43)46(48)49)57-26-24-50-23-25-56-42(47)12-6/h12,27-31H,6-11,13-26H2,1-5H3. The molecule has 12 nitrogen and oxygen atoms in total. The van der Waals surface area contributed by atoms with E-state index >= 15 is 0 Å². The molecule has 0 aromatic heterocycles. The molecule has 0 heterocycles. The summed E-state index contributed by atoms with van der Waals surface area (Å²) in [6.45, 7) is 16.4. The topological polar surface area (TPSA) is 134 Å². The molecule has 57 heavy (non-hydrogen) atoms. The summed E-state index contributed by atoms with van der Waals surface area (Å²) in [7, 11) is 0. The number of nitrogens with zero attached hydrogens (tertiary/aromatic N) is 1. The first-order valence-corrected chi connectivity index (χ1v) is 20.7. The van der Waals surface area contributed by atoms with Gasteiger partial charge in [-0.25, -0.2) is 4.79 Å². The number of nitro groups is 1. The number of rotatable bonds is 29. The van der Waals surface area contributed by atoms with Gasteiger partial charge in [0, 0.05) is 16.8 Å². The Morgan fingerprint density at radius 1 is 0.544 bits per heavy atom. The Balaban J connectivity index is 2.05. The molecule has 0 aliphatic heterocycles. The van der Waals surface area contributed by atoms with Gasteiger partial charge in [0.1, 0.15) is 13.2 Å². The molecule has 0 radical (unpaired) electrons. The highest BCUT2D eigenvalue weighted by Crippen LogP contribution is 2.52. The van der Waals surface area contributed by atoms with Gasteiger partial charge in [0.05, 0.1) is 56.6 Å². The zero-order valence-corrected chi connectivity index (χ0v) is 34.5. The number of fused-ring (bicyclic) bond motifs is 6. The highest BCUT2D eigenvalue weighted by Gasteiger charge is 2.30. The minimum absolute atomic E-state index is 0.00148. The molecule has 0 amide bonds. The zero-order chi connectivity index (χ0) is 41.0. The van der Waals surface area contributed by atoms with Crippen molar-refractivity contribution in [2.75, 3.05) is 59.5 Å².